The van der Waals surface area contributed by atoms with Crippen molar-refractivity contribution >= 4 is 27.5 Å². The SMILES string of the molecule is CCCCCCCNCc1c(Br)ccc(OC)c1OCc1c(F)cccc1Cl. The van der Waals surface area contributed by atoms with Crippen molar-refractivity contribution in [1.29, 1.82) is 0 Å². The number of unbranched alkanes of at least 4 members (excludes halogenated alkanes) is 4. The molecule has 0 heterocycles. The fourth-order valence-electron chi connectivity index (χ4n) is 2.95. The second-order valence-corrected chi connectivity index (χ2v) is 7.90. The smallest absolute Gasteiger partial charge is 0.167 e. The number of hydrogen-bond acceptors (Lipinski definition) is 3. The van der Waals surface area contributed by atoms with E-state index in [1.165, 1.54) is 31.7 Å². The number of rotatable bonds is 12. The predicted molar refractivity (Wildman–Crippen MR) is 117 cm³/mol. The van der Waals surface area contributed by atoms with Crippen molar-refractivity contribution < 1.29 is 13.9 Å². The molecule has 0 aromatic heterocycles. The van der Waals surface area contributed by atoms with Crippen molar-refractivity contribution in [2.24, 2.45) is 0 Å². The fourth-order valence-corrected chi connectivity index (χ4v) is 3.62. The molecule has 0 saturated heterocycles. The first-order chi connectivity index (χ1) is 13.6. The first kappa shape index (κ1) is 23.0. The molecule has 0 aliphatic carbocycles. The number of ether oxygens (including phenoxy) is 2. The average molecular weight is 473 g/mol. The molecule has 0 bridgehead atoms. The highest BCUT2D eigenvalue weighted by atomic mass is 79.9. The van der Waals surface area contributed by atoms with Crippen LogP contribution in [0.3, 0.4) is 0 Å². The number of nitrogens with one attached hydrogen (secondary N) is 1. The van der Waals surface area contributed by atoms with Gasteiger partial charge in [0.25, 0.3) is 0 Å². The van der Waals surface area contributed by atoms with Crippen LogP contribution in [0.4, 0.5) is 4.39 Å². The predicted octanol–water partition coefficient (Wildman–Crippen LogP) is 6.89. The van der Waals surface area contributed by atoms with E-state index in [0.717, 1.165) is 23.0 Å². The Kier molecular flexibility index (Phi) is 10.1. The fraction of sp³-hybridized carbons (Fsp3) is 0.455. The summed E-state index contributed by atoms with van der Waals surface area (Å²) < 4.78 is 26.4. The molecule has 0 unspecified atom stereocenters. The molecule has 2 rings (SSSR count). The van der Waals surface area contributed by atoms with Gasteiger partial charge in [-0.15, -0.1) is 0 Å². The normalized spacial score (nSPS) is 10.9. The van der Waals surface area contributed by atoms with E-state index in [0.29, 0.717) is 28.6 Å². The van der Waals surface area contributed by atoms with E-state index in [-0.39, 0.29) is 12.4 Å². The summed E-state index contributed by atoms with van der Waals surface area (Å²) in [6, 6.07) is 8.37. The molecule has 2 aromatic rings. The lowest BCUT2D eigenvalue weighted by molar-refractivity contribution is 0.276. The van der Waals surface area contributed by atoms with Crippen molar-refractivity contribution in [3.05, 3.63) is 56.8 Å². The topological polar surface area (TPSA) is 30.5 Å². The first-order valence-electron chi connectivity index (χ1n) is 9.70. The van der Waals surface area contributed by atoms with E-state index in [1.54, 1.807) is 19.2 Å². The molecule has 28 heavy (non-hydrogen) atoms. The van der Waals surface area contributed by atoms with Crippen molar-refractivity contribution in [2.75, 3.05) is 13.7 Å². The third-order valence-corrected chi connectivity index (χ3v) is 5.67. The molecule has 0 saturated carbocycles. The van der Waals surface area contributed by atoms with Crippen LogP contribution in [-0.2, 0) is 13.2 Å². The van der Waals surface area contributed by atoms with E-state index in [1.807, 2.05) is 12.1 Å². The third kappa shape index (κ3) is 6.64. The maximum Gasteiger partial charge on any atom is 0.167 e. The summed E-state index contributed by atoms with van der Waals surface area (Å²) in [5, 5.41) is 3.81. The van der Waals surface area contributed by atoms with Gasteiger partial charge in [-0.2, -0.15) is 0 Å². The van der Waals surface area contributed by atoms with Crippen LogP contribution >= 0.6 is 27.5 Å². The summed E-state index contributed by atoms with van der Waals surface area (Å²) in [4.78, 5) is 0. The molecule has 0 amide bonds. The molecule has 1 N–H and O–H groups in total. The van der Waals surface area contributed by atoms with Gasteiger partial charge >= 0.3 is 0 Å². The van der Waals surface area contributed by atoms with E-state index in [4.69, 9.17) is 21.1 Å². The molecule has 6 heteroatoms. The minimum absolute atomic E-state index is 0.0301. The van der Waals surface area contributed by atoms with Crippen molar-refractivity contribution in [3.8, 4) is 11.5 Å². The number of halogens is 3. The zero-order chi connectivity index (χ0) is 20.4. The van der Waals surface area contributed by atoms with E-state index in [2.05, 4.69) is 28.2 Å². The molecule has 154 valence electrons. The van der Waals surface area contributed by atoms with Gasteiger partial charge in [0.2, 0.25) is 0 Å². The first-order valence-corrected chi connectivity index (χ1v) is 10.9. The number of benzene rings is 2. The van der Waals surface area contributed by atoms with Crippen LogP contribution in [-0.4, -0.2) is 13.7 Å². The highest BCUT2D eigenvalue weighted by Gasteiger charge is 2.16. The Labute approximate surface area is 180 Å². The third-order valence-electron chi connectivity index (χ3n) is 4.57. The molecule has 0 atom stereocenters. The molecule has 3 nitrogen and oxygen atoms in total. The summed E-state index contributed by atoms with van der Waals surface area (Å²) in [6.07, 6.45) is 6.19. The molecule has 0 fully saturated rings. The van der Waals surface area contributed by atoms with Crippen LogP contribution in [0.5, 0.6) is 11.5 Å². The molecule has 2 aromatic carbocycles. The van der Waals surface area contributed by atoms with Gasteiger partial charge in [-0.05, 0) is 37.2 Å². The lowest BCUT2D eigenvalue weighted by Gasteiger charge is -2.18. The molecule has 0 spiro atoms. The lowest BCUT2D eigenvalue weighted by Crippen LogP contribution is -2.16. The van der Waals surface area contributed by atoms with Crippen molar-refractivity contribution in [3.63, 3.8) is 0 Å². The van der Waals surface area contributed by atoms with Gasteiger partial charge in [0.15, 0.2) is 11.5 Å². The molecular weight excluding hydrogens is 445 g/mol. The van der Waals surface area contributed by atoms with Gasteiger partial charge < -0.3 is 14.8 Å². The highest BCUT2D eigenvalue weighted by molar-refractivity contribution is 9.10. The molecule has 0 aliphatic rings. The summed E-state index contributed by atoms with van der Waals surface area (Å²) >= 11 is 9.72. The Morgan fingerprint density at radius 3 is 2.57 bits per heavy atom. The average Bonchev–Trinajstić information content (AvgIpc) is 2.68. The number of methoxy groups -OCH3 is 1. The maximum absolute atomic E-state index is 14.1. The number of hydrogen-bond donors (Lipinski definition) is 1. The van der Waals surface area contributed by atoms with Crippen LogP contribution in [0.2, 0.25) is 5.02 Å². The Bertz CT molecular complexity index is 737. The van der Waals surface area contributed by atoms with Crippen LogP contribution in [0.1, 0.15) is 50.2 Å². The van der Waals surface area contributed by atoms with Crippen LogP contribution in [0, 0.1) is 5.82 Å². The van der Waals surface area contributed by atoms with Crippen molar-refractivity contribution in [1.82, 2.24) is 5.32 Å². The zero-order valence-electron chi connectivity index (χ0n) is 16.5. The summed E-state index contributed by atoms with van der Waals surface area (Å²) in [5.74, 6) is 0.818. The second kappa shape index (κ2) is 12.3. The van der Waals surface area contributed by atoms with Gasteiger partial charge in [0.1, 0.15) is 12.4 Å². The monoisotopic (exact) mass is 471 g/mol. The van der Waals surface area contributed by atoms with Gasteiger partial charge in [-0.3, -0.25) is 0 Å². The zero-order valence-corrected chi connectivity index (χ0v) is 18.8. The summed E-state index contributed by atoms with van der Waals surface area (Å²) in [5.41, 5.74) is 1.28. The maximum atomic E-state index is 14.1. The largest absolute Gasteiger partial charge is 0.493 e. The quantitative estimate of drug-likeness (QED) is 0.341. The van der Waals surface area contributed by atoms with Gasteiger partial charge in [0.05, 0.1) is 12.1 Å². The van der Waals surface area contributed by atoms with Crippen LogP contribution in [0.25, 0.3) is 0 Å². The van der Waals surface area contributed by atoms with Gasteiger partial charge in [-0.25, -0.2) is 4.39 Å². The minimum atomic E-state index is -0.381. The Morgan fingerprint density at radius 2 is 1.86 bits per heavy atom. The lowest BCUT2D eigenvalue weighted by atomic mass is 10.1. The molecule has 0 radical (unpaired) electrons. The Balaban J connectivity index is 2.06. The minimum Gasteiger partial charge on any atom is -0.493 e. The van der Waals surface area contributed by atoms with Crippen LogP contribution < -0.4 is 14.8 Å². The Morgan fingerprint density at radius 1 is 1.07 bits per heavy atom. The molecular formula is C22H28BrClFNO2. The van der Waals surface area contributed by atoms with Gasteiger partial charge in [-0.1, -0.05) is 66.2 Å². The van der Waals surface area contributed by atoms with Gasteiger partial charge in [0, 0.05) is 22.1 Å². The molecule has 0 aliphatic heterocycles. The van der Waals surface area contributed by atoms with Crippen molar-refractivity contribution in [2.45, 2.75) is 52.2 Å². The van der Waals surface area contributed by atoms with E-state index in [9.17, 15) is 4.39 Å². The highest BCUT2D eigenvalue weighted by Crippen LogP contribution is 2.37. The van der Waals surface area contributed by atoms with E-state index < -0.39 is 0 Å². The van der Waals surface area contributed by atoms with E-state index >= 15 is 0 Å². The summed E-state index contributed by atoms with van der Waals surface area (Å²) in [7, 11) is 1.59. The Hall–Kier alpha value is -1.30. The van der Waals surface area contributed by atoms with Crippen LogP contribution in [0.15, 0.2) is 34.8 Å². The standard InChI is InChI=1S/C22H28BrClFNO2/c1-3-4-5-6-7-13-26-14-16-18(23)11-12-21(27-2)22(16)28-15-17-19(24)9-8-10-20(17)25/h8-12,26H,3-7,13-15H2,1-2H3. The second-order valence-electron chi connectivity index (χ2n) is 6.64. The summed E-state index contributed by atoms with van der Waals surface area (Å²) in [6.45, 7) is 3.81.